The summed E-state index contributed by atoms with van der Waals surface area (Å²) in [5.41, 5.74) is 1.65. The summed E-state index contributed by atoms with van der Waals surface area (Å²) >= 11 is 0. The second kappa shape index (κ2) is 6.48. The highest BCUT2D eigenvalue weighted by Gasteiger charge is 2.19. The van der Waals surface area contributed by atoms with E-state index in [2.05, 4.69) is 32.6 Å². The van der Waals surface area contributed by atoms with Crippen LogP contribution in [-0.4, -0.2) is 35.0 Å². The van der Waals surface area contributed by atoms with Gasteiger partial charge in [0.15, 0.2) is 11.6 Å². The van der Waals surface area contributed by atoms with Gasteiger partial charge < -0.3 is 9.14 Å². The fourth-order valence-corrected chi connectivity index (χ4v) is 3.15. The van der Waals surface area contributed by atoms with Gasteiger partial charge in [-0.15, -0.1) is 0 Å². The predicted octanol–water partition coefficient (Wildman–Crippen LogP) is 3.75. The summed E-state index contributed by atoms with van der Waals surface area (Å²) in [5.74, 6) is 0.0195. The fourth-order valence-electron chi connectivity index (χ4n) is 3.15. The molecule has 0 aromatic carbocycles. The molecule has 2 aromatic heterocycles. The number of likely N-dealkylation sites (N-methyl/N-ethyl adjacent to an activating group) is 1. The molecule has 116 valence electrons. The topological polar surface area (TPSA) is 16.9 Å². The zero-order chi connectivity index (χ0) is 15.6. The van der Waals surface area contributed by atoms with Crippen molar-refractivity contribution < 1.29 is 9.13 Å². The Kier molecular flexibility index (Phi) is 4.88. The average Bonchev–Trinajstić information content (AvgIpc) is 2.83. The van der Waals surface area contributed by atoms with Crippen molar-refractivity contribution in [3.05, 3.63) is 35.9 Å². The van der Waals surface area contributed by atoms with E-state index in [4.69, 9.17) is 4.74 Å². The summed E-state index contributed by atoms with van der Waals surface area (Å²) < 4.78 is 21.4. The number of hydrogen-bond acceptors (Lipinski definition) is 2. The molecule has 0 spiro atoms. The first kappa shape index (κ1) is 15.8. The van der Waals surface area contributed by atoms with Crippen LogP contribution in [0.15, 0.2) is 24.5 Å². The largest absolute Gasteiger partial charge is 0.494 e. The van der Waals surface area contributed by atoms with Crippen LogP contribution in [0, 0.1) is 5.82 Å². The molecule has 2 heterocycles. The molecule has 0 bridgehead atoms. The minimum atomic E-state index is -0.278. The van der Waals surface area contributed by atoms with Crippen molar-refractivity contribution in [2.24, 2.45) is 0 Å². The lowest BCUT2D eigenvalue weighted by atomic mass is 10.1. The summed E-state index contributed by atoms with van der Waals surface area (Å²) in [6.07, 6.45) is 4.57. The minimum absolute atomic E-state index is 0.278. The maximum absolute atomic E-state index is 14.5. The monoisotopic (exact) mass is 292 g/mol. The van der Waals surface area contributed by atoms with E-state index < -0.39 is 0 Å². The third-order valence-electron chi connectivity index (χ3n) is 4.14. The Morgan fingerprint density at radius 3 is 2.48 bits per heavy atom. The number of hydrogen-bond donors (Lipinski definition) is 0. The molecular formula is C17H25FN2O. The Bertz CT molecular complexity index is 606. The number of fused-ring (bicyclic) bond motifs is 1. The number of aromatic nitrogens is 1. The van der Waals surface area contributed by atoms with E-state index in [0.717, 1.165) is 18.5 Å². The molecule has 0 saturated heterocycles. The van der Waals surface area contributed by atoms with E-state index in [1.165, 1.54) is 7.11 Å². The number of ether oxygens (including phenoxy) is 1. The molecule has 0 aliphatic carbocycles. The molecule has 21 heavy (non-hydrogen) atoms. The van der Waals surface area contributed by atoms with Gasteiger partial charge in [0.25, 0.3) is 0 Å². The quantitative estimate of drug-likeness (QED) is 0.806. The molecule has 0 N–H and O–H groups in total. The Labute approximate surface area is 126 Å². The molecule has 0 aliphatic rings. The van der Waals surface area contributed by atoms with Crippen LogP contribution < -0.4 is 4.74 Å². The molecule has 0 fully saturated rings. The van der Waals surface area contributed by atoms with Gasteiger partial charge in [-0.1, -0.05) is 6.92 Å². The maximum Gasteiger partial charge on any atom is 0.189 e. The highest BCUT2D eigenvalue weighted by molar-refractivity contribution is 5.60. The van der Waals surface area contributed by atoms with E-state index in [1.807, 2.05) is 22.9 Å². The second-order valence-electron chi connectivity index (χ2n) is 5.77. The molecule has 1 atom stereocenters. The van der Waals surface area contributed by atoms with Gasteiger partial charge in [-0.05, 0) is 51.4 Å². The molecule has 2 aromatic rings. The predicted molar refractivity (Wildman–Crippen MR) is 84.6 cm³/mol. The Hall–Kier alpha value is -1.55. The molecule has 0 saturated carbocycles. The van der Waals surface area contributed by atoms with Crippen LogP contribution in [0.25, 0.3) is 5.52 Å². The highest BCUT2D eigenvalue weighted by Crippen LogP contribution is 2.26. The van der Waals surface area contributed by atoms with Gasteiger partial charge in [-0.25, -0.2) is 4.39 Å². The maximum atomic E-state index is 14.5. The van der Waals surface area contributed by atoms with Gasteiger partial charge in [0.05, 0.1) is 12.6 Å². The van der Waals surface area contributed by atoms with Crippen molar-refractivity contribution in [3.8, 4) is 5.75 Å². The summed E-state index contributed by atoms with van der Waals surface area (Å²) in [6.45, 7) is 9.75. The Morgan fingerprint density at radius 1 is 1.24 bits per heavy atom. The van der Waals surface area contributed by atoms with Crippen LogP contribution >= 0.6 is 0 Å². The molecule has 3 nitrogen and oxygen atoms in total. The van der Waals surface area contributed by atoms with E-state index in [0.29, 0.717) is 23.3 Å². The van der Waals surface area contributed by atoms with Crippen molar-refractivity contribution in [3.63, 3.8) is 0 Å². The van der Waals surface area contributed by atoms with Crippen molar-refractivity contribution in [1.82, 2.24) is 9.30 Å². The number of halogens is 1. The summed E-state index contributed by atoms with van der Waals surface area (Å²) in [7, 11) is 1.50. The van der Waals surface area contributed by atoms with Gasteiger partial charge in [0.1, 0.15) is 0 Å². The summed E-state index contributed by atoms with van der Waals surface area (Å²) in [4.78, 5) is 2.42. The van der Waals surface area contributed by atoms with E-state index in [9.17, 15) is 4.39 Å². The highest BCUT2D eigenvalue weighted by atomic mass is 19.1. The first-order chi connectivity index (χ1) is 9.99. The lowest BCUT2D eigenvalue weighted by Gasteiger charge is -2.31. The van der Waals surface area contributed by atoms with E-state index >= 15 is 0 Å². The van der Waals surface area contributed by atoms with Gasteiger partial charge in [0, 0.05) is 24.5 Å². The molecular weight excluding hydrogens is 267 g/mol. The molecule has 0 radical (unpaired) electrons. The Morgan fingerprint density at radius 2 is 1.90 bits per heavy atom. The second-order valence-corrected chi connectivity index (χ2v) is 5.77. The zero-order valence-electron chi connectivity index (χ0n) is 13.6. The summed E-state index contributed by atoms with van der Waals surface area (Å²) in [5, 5.41) is 0. The van der Waals surface area contributed by atoms with Gasteiger partial charge in [0.2, 0.25) is 0 Å². The molecule has 4 heteroatoms. The van der Waals surface area contributed by atoms with Crippen LogP contribution in [0.4, 0.5) is 4.39 Å². The van der Waals surface area contributed by atoms with Crippen LogP contribution in [-0.2, 0) is 6.42 Å². The van der Waals surface area contributed by atoms with Crippen molar-refractivity contribution in [2.45, 2.75) is 46.2 Å². The van der Waals surface area contributed by atoms with Crippen molar-refractivity contribution in [1.29, 1.82) is 0 Å². The average molecular weight is 292 g/mol. The molecule has 2 rings (SSSR count). The van der Waals surface area contributed by atoms with Crippen LogP contribution in [0.3, 0.4) is 0 Å². The number of nitrogens with zero attached hydrogens (tertiary/aromatic N) is 2. The molecule has 0 amide bonds. The molecule has 1 unspecified atom stereocenters. The smallest absolute Gasteiger partial charge is 0.189 e. The zero-order valence-corrected chi connectivity index (χ0v) is 13.6. The first-order valence-corrected chi connectivity index (χ1v) is 7.57. The van der Waals surface area contributed by atoms with Crippen LogP contribution in [0.2, 0.25) is 0 Å². The van der Waals surface area contributed by atoms with Crippen LogP contribution in [0.1, 0.15) is 33.3 Å². The number of rotatable bonds is 6. The number of pyridine rings is 1. The van der Waals surface area contributed by atoms with Gasteiger partial charge in [-0.2, -0.15) is 0 Å². The van der Waals surface area contributed by atoms with Gasteiger partial charge in [-0.3, -0.25) is 4.90 Å². The van der Waals surface area contributed by atoms with Crippen LogP contribution in [0.5, 0.6) is 5.75 Å². The molecule has 0 aliphatic heterocycles. The standard InChI is InChI=1S/C17H25FN2O/c1-6-20(12(2)3)13(4)11-14-7-9-19-10-8-15(21-5)16(18)17(14)19/h7-10,12-13H,6,11H2,1-5H3. The lowest BCUT2D eigenvalue weighted by Crippen LogP contribution is -2.39. The van der Waals surface area contributed by atoms with E-state index in [1.54, 1.807) is 6.07 Å². The third-order valence-corrected chi connectivity index (χ3v) is 4.14. The third kappa shape index (κ3) is 3.05. The fraction of sp³-hybridized carbons (Fsp3) is 0.529. The van der Waals surface area contributed by atoms with Crippen molar-refractivity contribution >= 4 is 5.52 Å². The first-order valence-electron chi connectivity index (χ1n) is 7.57. The number of methoxy groups -OCH3 is 1. The summed E-state index contributed by atoms with van der Waals surface area (Å²) in [6, 6.07) is 4.51. The normalized spacial score (nSPS) is 13.3. The lowest BCUT2D eigenvalue weighted by molar-refractivity contribution is 0.173. The SMILES string of the molecule is CCN(C(C)C)C(C)Cc1ccn2ccc(OC)c(F)c12. The van der Waals surface area contributed by atoms with E-state index in [-0.39, 0.29) is 5.82 Å². The van der Waals surface area contributed by atoms with Crippen molar-refractivity contribution in [2.75, 3.05) is 13.7 Å². The Balaban J connectivity index is 2.34. The van der Waals surface area contributed by atoms with Gasteiger partial charge >= 0.3 is 0 Å². The minimum Gasteiger partial charge on any atom is -0.494 e.